The molecule has 4 heterocycles. The van der Waals surface area contributed by atoms with Crippen molar-refractivity contribution in [3.8, 4) is 0 Å². The third-order valence-electron chi connectivity index (χ3n) is 15.8. The predicted octanol–water partition coefficient (Wildman–Crippen LogP) is 1.20. The molecule has 0 unspecified atom stereocenters. The number of hydrogen-bond donors (Lipinski definition) is 7. The van der Waals surface area contributed by atoms with E-state index in [0.717, 1.165) is 51.6 Å². The molecule has 21 atom stereocenters. The highest BCUT2D eigenvalue weighted by molar-refractivity contribution is 5.15. The van der Waals surface area contributed by atoms with Gasteiger partial charge in [0.15, 0.2) is 18.4 Å². The highest BCUT2D eigenvalue weighted by Crippen LogP contribution is 2.71. The van der Waals surface area contributed by atoms with Crippen molar-refractivity contribution in [1.29, 1.82) is 0 Å². The summed E-state index contributed by atoms with van der Waals surface area (Å²) in [5.74, 6) is 3.09. The first kappa shape index (κ1) is 37.4. The first-order valence-electron chi connectivity index (χ1n) is 19.9. The van der Waals surface area contributed by atoms with Gasteiger partial charge < -0.3 is 64.2 Å². The molecule has 0 aromatic heterocycles. The summed E-state index contributed by atoms with van der Waals surface area (Å²) in [7, 11) is 0. The monoisotopic (exact) mass is 726 g/mol. The van der Waals surface area contributed by atoms with Gasteiger partial charge in [0.2, 0.25) is 0 Å². The Morgan fingerprint density at radius 3 is 2.12 bits per heavy atom. The molecule has 8 rings (SSSR count). The maximum Gasteiger partial charge on any atom is 0.187 e. The SMILES string of the molecule is C[C@H]1[C@@H]2[C@H](C[C@@H]3[C@@H]4CC[C@H]5C[C@@H](O[C@@H]6O[C@H](CO)[C@H](O[C@@H]7O[C@H](CO)[C@@H](O)[C@H](O)[C@H]7O)[C@H](O)[C@H]6O)CC[C@]5(C)[C@H]4CC[C@]23C)O[C@]12CCCCO2. The normalized spacial score (nSPS) is 58.5. The number of aliphatic hydroxyl groups excluding tert-OH is 7. The van der Waals surface area contributed by atoms with Gasteiger partial charge in [-0.1, -0.05) is 20.8 Å². The molecular weight excluding hydrogens is 664 g/mol. The standard InChI is InChI=1S/C38H62O13/c1-18-27-24(51-38(18)10-4-5-13-46-38)15-23-21-7-6-19-14-20(8-11-36(19,2)22(21)9-12-37(23,27)3)47-34-32(45)30(43)33(26(17-40)49-34)50-35-31(44)29(42)28(41)25(16-39)48-35/h18-35,39-45H,4-17H2,1-3H3/t18-,19-,20-,21+,22-,23+,24-,25+,26+,27+,28+,29-,30+,31+,32+,33-,34+,35-,36-,37-,38+/m0/s1. The summed E-state index contributed by atoms with van der Waals surface area (Å²) < 4.78 is 36.9. The van der Waals surface area contributed by atoms with Gasteiger partial charge >= 0.3 is 0 Å². The van der Waals surface area contributed by atoms with Crippen LogP contribution in [-0.4, -0.2) is 135 Å². The van der Waals surface area contributed by atoms with E-state index < -0.39 is 74.6 Å². The fraction of sp³-hybridized carbons (Fsp3) is 1.00. The zero-order chi connectivity index (χ0) is 36.0. The number of fused-ring (bicyclic) bond motifs is 7. The molecule has 0 aromatic carbocycles. The van der Waals surface area contributed by atoms with E-state index in [1.165, 1.54) is 25.7 Å². The lowest BCUT2D eigenvalue weighted by Crippen LogP contribution is -2.65. The van der Waals surface area contributed by atoms with E-state index >= 15 is 0 Å². The van der Waals surface area contributed by atoms with Gasteiger partial charge in [0, 0.05) is 12.3 Å². The third kappa shape index (κ3) is 5.90. The van der Waals surface area contributed by atoms with Crippen LogP contribution in [0.3, 0.4) is 0 Å². The highest BCUT2D eigenvalue weighted by Gasteiger charge is 2.69. The summed E-state index contributed by atoms with van der Waals surface area (Å²) in [5, 5.41) is 72.7. The summed E-state index contributed by atoms with van der Waals surface area (Å²) in [6.45, 7) is 7.06. The summed E-state index contributed by atoms with van der Waals surface area (Å²) in [5.41, 5.74) is 0.480. The summed E-state index contributed by atoms with van der Waals surface area (Å²) in [6.07, 6.45) is -2.46. The maximum absolute atomic E-state index is 11.1. The molecule has 4 aliphatic carbocycles. The van der Waals surface area contributed by atoms with E-state index in [2.05, 4.69) is 20.8 Å². The molecule has 4 saturated carbocycles. The first-order valence-corrected chi connectivity index (χ1v) is 19.9. The second-order valence-electron chi connectivity index (χ2n) is 18.1. The van der Waals surface area contributed by atoms with E-state index in [4.69, 9.17) is 28.4 Å². The van der Waals surface area contributed by atoms with Crippen LogP contribution in [0, 0.1) is 46.3 Å². The molecule has 4 aliphatic heterocycles. The predicted molar refractivity (Wildman–Crippen MR) is 178 cm³/mol. The van der Waals surface area contributed by atoms with Crippen molar-refractivity contribution < 1.29 is 64.2 Å². The molecule has 4 saturated heterocycles. The van der Waals surface area contributed by atoms with Crippen LogP contribution in [0.1, 0.15) is 91.4 Å². The molecule has 1 spiro atoms. The van der Waals surface area contributed by atoms with Gasteiger partial charge in [-0.05, 0) is 105 Å². The van der Waals surface area contributed by atoms with E-state index in [0.29, 0.717) is 41.6 Å². The fourth-order valence-corrected chi connectivity index (χ4v) is 13.1. The Kier molecular flexibility index (Phi) is 10.2. The van der Waals surface area contributed by atoms with Gasteiger partial charge in [-0.3, -0.25) is 0 Å². The molecule has 13 nitrogen and oxygen atoms in total. The smallest absolute Gasteiger partial charge is 0.187 e. The van der Waals surface area contributed by atoms with Crippen LogP contribution in [0.5, 0.6) is 0 Å². The van der Waals surface area contributed by atoms with Crippen molar-refractivity contribution in [2.24, 2.45) is 46.3 Å². The molecule has 0 radical (unpaired) electrons. The minimum Gasteiger partial charge on any atom is -0.394 e. The largest absolute Gasteiger partial charge is 0.394 e. The summed E-state index contributed by atoms with van der Waals surface area (Å²) in [6, 6.07) is 0. The van der Waals surface area contributed by atoms with Crippen LogP contribution >= 0.6 is 0 Å². The Morgan fingerprint density at radius 2 is 1.39 bits per heavy atom. The fourth-order valence-electron chi connectivity index (χ4n) is 13.1. The average molecular weight is 727 g/mol. The van der Waals surface area contributed by atoms with Gasteiger partial charge in [-0.2, -0.15) is 0 Å². The van der Waals surface area contributed by atoms with Gasteiger partial charge in [0.1, 0.15) is 48.8 Å². The van der Waals surface area contributed by atoms with E-state index in [1.54, 1.807) is 0 Å². The number of hydrogen-bond acceptors (Lipinski definition) is 13. The van der Waals surface area contributed by atoms with Crippen molar-refractivity contribution in [3.05, 3.63) is 0 Å². The second-order valence-corrected chi connectivity index (χ2v) is 18.1. The second kappa shape index (κ2) is 13.9. The van der Waals surface area contributed by atoms with Crippen molar-refractivity contribution in [1.82, 2.24) is 0 Å². The number of ether oxygens (including phenoxy) is 6. The lowest BCUT2D eigenvalue weighted by molar-refractivity contribution is -0.364. The molecule has 13 heteroatoms. The molecule has 0 bridgehead atoms. The molecule has 8 fully saturated rings. The minimum absolute atomic E-state index is 0.186. The maximum atomic E-state index is 11.1. The van der Waals surface area contributed by atoms with Gasteiger partial charge in [-0.25, -0.2) is 0 Å². The minimum atomic E-state index is -1.71. The van der Waals surface area contributed by atoms with Gasteiger partial charge in [0.25, 0.3) is 0 Å². The molecule has 0 aromatic rings. The van der Waals surface area contributed by atoms with E-state index in [-0.39, 0.29) is 22.7 Å². The van der Waals surface area contributed by atoms with Gasteiger partial charge in [-0.15, -0.1) is 0 Å². The molecule has 8 aliphatic rings. The Bertz CT molecular complexity index is 1230. The first-order chi connectivity index (χ1) is 24.3. The Balaban J connectivity index is 0.895. The Hall–Kier alpha value is -0.520. The van der Waals surface area contributed by atoms with Crippen LogP contribution in [0.2, 0.25) is 0 Å². The number of rotatable bonds is 6. The Labute approximate surface area is 300 Å². The van der Waals surface area contributed by atoms with E-state index in [1.807, 2.05) is 0 Å². The average Bonchev–Trinajstić information content (AvgIpc) is 3.57. The quantitative estimate of drug-likeness (QED) is 0.193. The Morgan fingerprint density at radius 1 is 0.686 bits per heavy atom. The zero-order valence-corrected chi connectivity index (χ0v) is 30.4. The van der Waals surface area contributed by atoms with Crippen LogP contribution in [0.4, 0.5) is 0 Å². The van der Waals surface area contributed by atoms with Crippen molar-refractivity contribution >= 4 is 0 Å². The van der Waals surface area contributed by atoms with E-state index in [9.17, 15) is 35.7 Å². The molecule has 292 valence electrons. The highest BCUT2D eigenvalue weighted by atomic mass is 16.7. The zero-order valence-electron chi connectivity index (χ0n) is 30.4. The lowest BCUT2D eigenvalue weighted by atomic mass is 9.44. The van der Waals surface area contributed by atoms with Crippen LogP contribution < -0.4 is 0 Å². The lowest BCUT2D eigenvalue weighted by Gasteiger charge is -2.61. The molecule has 7 N–H and O–H groups in total. The van der Waals surface area contributed by atoms with Crippen molar-refractivity contribution in [2.75, 3.05) is 19.8 Å². The van der Waals surface area contributed by atoms with Crippen molar-refractivity contribution in [3.63, 3.8) is 0 Å². The van der Waals surface area contributed by atoms with Crippen LogP contribution in [-0.2, 0) is 28.4 Å². The van der Waals surface area contributed by atoms with Crippen molar-refractivity contribution in [2.45, 2.75) is 171 Å². The molecular formula is C38H62O13. The van der Waals surface area contributed by atoms with Gasteiger partial charge in [0.05, 0.1) is 32.0 Å². The molecule has 51 heavy (non-hydrogen) atoms. The summed E-state index contributed by atoms with van der Waals surface area (Å²) in [4.78, 5) is 0. The third-order valence-corrected chi connectivity index (χ3v) is 15.8. The van der Waals surface area contributed by atoms with Crippen LogP contribution in [0.15, 0.2) is 0 Å². The topological polar surface area (TPSA) is 197 Å². The van der Waals surface area contributed by atoms with Crippen LogP contribution in [0.25, 0.3) is 0 Å². The molecule has 0 amide bonds. The summed E-state index contributed by atoms with van der Waals surface area (Å²) >= 11 is 0. The number of aliphatic hydroxyl groups is 7.